The van der Waals surface area contributed by atoms with Crippen LogP contribution in [0.1, 0.15) is 125 Å². The first-order chi connectivity index (χ1) is 13.9. The molecule has 0 bridgehead atoms. The van der Waals surface area contributed by atoms with Gasteiger partial charge in [0.25, 0.3) is 0 Å². The summed E-state index contributed by atoms with van der Waals surface area (Å²) in [5.41, 5.74) is 8.06. The van der Waals surface area contributed by atoms with Crippen molar-refractivity contribution in [1.82, 2.24) is 0 Å². The van der Waals surface area contributed by atoms with E-state index in [1.807, 2.05) is 0 Å². The van der Waals surface area contributed by atoms with Crippen LogP contribution in [0.3, 0.4) is 0 Å². The minimum Gasteiger partial charge on any atom is -0.0654 e. The van der Waals surface area contributed by atoms with Gasteiger partial charge in [-0.05, 0) is 0 Å². The van der Waals surface area contributed by atoms with E-state index in [9.17, 15) is 0 Å². The monoisotopic (exact) mass is 499 g/mol. The Morgan fingerprint density at radius 3 is 0.419 bits per heavy atom. The number of rotatable bonds is 12. The molecule has 1 radical (unpaired) electrons. The Labute approximate surface area is 204 Å². The standard InChI is InChI=1S/C27H63Si4/c1-19(2)29(20(3)4,21(5)6)28(30(22(7)8,23(9)10)24(11)12)31(25(13)14,26(15)16)27(17)18/h19-27H,1-18H3. The van der Waals surface area contributed by atoms with Gasteiger partial charge < -0.3 is 0 Å². The third-order valence-corrected chi connectivity index (χ3v) is 76.5. The van der Waals surface area contributed by atoms with Crippen molar-refractivity contribution in [3.8, 4) is 0 Å². The maximum atomic E-state index is 2.68. The highest BCUT2D eigenvalue weighted by Crippen LogP contribution is 2.60. The molecule has 0 saturated heterocycles. The summed E-state index contributed by atoms with van der Waals surface area (Å²) in [4.78, 5) is 0. The van der Waals surface area contributed by atoms with Gasteiger partial charge in [0.2, 0.25) is 0 Å². The van der Waals surface area contributed by atoms with Gasteiger partial charge in [0.1, 0.15) is 0 Å². The van der Waals surface area contributed by atoms with E-state index in [0.717, 1.165) is 49.9 Å². The second-order valence-corrected chi connectivity index (χ2v) is 47.1. The molecule has 31 heavy (non-hydrogen) atoms. The van der Waals surface area contributed by atoms with E-state index in [1.54, 1.807) is 0 Å². The molecule has 0 aromatic heterocycles. The Morgan fingerprint density at radius 2 is 0.355 bits per heavy atom. The van der Waals surface area contributed by atoms with Crippen molar-refractivity contribution < 1.29 is 0 Å². The van der Waals surface area contributed by atoms with Crippen LogP contribution < -0.4 is 0 Å². The molecule has 0 saturated carbocycles. The van der Waals surface area contributed by atoms with E-state index in [4.69, 9.17) is 0 Å². The van der Waals surface area contributed by atoms with Crippen LogP contribution in [0, 0.1) is 0 Å². The second-order valence-electron chi connectivity index (χ2n) is 13.6. The molecule has 0 aromatic carbocycles. The Balaban J connectivity index is 8.22. The van der Waals surface area contributed by atoms with E-state index in [0.29, 0.717) is 0 Å². The van der Waals surface area contributed by atoms with Crippen molar-refractivity contribution >= 4 is 30.1 Å². The lowest BCUT2D eigenvalue weighted by molar-refractivity contribution is 0.817. The number of hydrogen-bond donors (Lipinski definition) is 0. The molecule has 0 aliphatic rings. The molecule has 0 aliphatic heterocycles. The molecule has 187 valence electrons. The van der Waals surface area contributed by atoms with Crippen LogP contribution in [0.2, 0.25) is 49.9 Å². The van der Waals surface area contributed by atoms with Crippen molar-refractivity contribution in [2.75, 3.05) is 0 Å². The quantitative estimate of drug-likeness (QED) is 0.234. The van der Waals surface area contributed by atoms with Crippen LogP contribution in [-0.4, -0.2) is 30.1 Å². The molecule has 0 fully saturated rings. The fourth-order valence-electron chi connectivity index (χ4n) is 9.72. The van der Waals surface area contributed by atoms with Gasteiger partial charge in [0, 0.05) is 30.1 Å². The maximum Gasteiger partial charge on any atom is 0.0474 e. The zero-order chi connectivity index (χ0) is 25.3. The van der Waals surface area contributed by atoms with Gasteiger partial charge in [-0.15, -0.1) is 0 Å². The summed E-state index contributed by atoms with van der Waals surface area (Å²) in [6, 6.07) is 0. The summed E-state index contributed by atoms with van der Waals surface area (Å²) in [6.45, 7) is 48.2. The first-order valence-electron chi connectivity index (χ1n) is 13.7. The first-order valence-corrected chi connectivity index (χ1v) is 24.9. The summed E-state index contributed by atoms with van der Waals surface area (Å²) < 4.78 is 0. The van der Waals surface area contributed by atoms with Crippen molar-refractivity contribution in [2.45, 2.75) is 174 Å². The molecular weight excluding hydrogens is 437 g/mol. The van der Waals surface area contributed by atoms with Gasteiger partial charge in [-0.2, -0.15) is 0 Å². The molecular formula is C27H63Si4. The van der Waals surface area contributed by atoms with Crippen molar-refractivity contribution in [3.63, 3.8) is 0 Å². The lowest BCUT2D eigenvalue weighted by Crippen LogP contribution is -2.85. The fraction of sp³-hybridized carbons (Fsp3) is 1.00. The fourth-order valence-corrected chi connectivity index (χ4v) is 119. The van der Waals surface area contributed by atoms with Crippen LogP contribution in [0.4, 0.5) is 0 Å². The Kier molecular flexibility index (Phi) is 11.9. The molecule has 0 aromatic rings. The summed E-state index contributed by atoms with van der Waals surface area (Å²) in [5, 5.41) is 0. The highest BCUT2D eigenvalue weighted by molar-refractivity contribution is 7.84. The van der Waals surface area contributed by atoms with Gasteiger partial charge in [0.15, 0.2) is 0 Å². The van der Waals surface area contributed by atoms with Crippen LogP contribution in [0.5, 0.6) is 0 Å². The molecule has 0 rings (SSSR count). The highest BCUT2D eigenvalue weighted by atomic mass is 29.9. The molecule has 0 nitrogen and oxygen atoms in total. The van der Waals surface area contributed by atoms with Gasteiger partial charge in [-0.1, -0.05) is 174 Å². The SMILES string of the molecule is CC(C)[Si](C(C)C)(C(C)C)[Si]([Si](C(C)C)(C(C)C)C(C)C)[Si](C(C)C)(C(C)C)C(C)C. The molecule has 0 heterocycles. The van der Waals surface area contributed by atoms with Crippen LogP contribution in [0.25, 0.3) is 0 Å². The molecule has 0 spiro atoms. The van der Waals surface area contributed by atoms with Gasteiger partial charge in [-0.25, -0.2) is 0 Å². The predicted molar refractivity (Wildman–Crippen MR) is 159 cm³/mol. The second kappa shape index (κ2) is 11.5. The summed E-state index contributed by atoms with van der Waals surface area (Å²) in [5.74, 6) is 0. The first kappa shape index (κ1) is 31.9. The summed E-state index contributed by atoms with van der Waals surface area (Å²) in [7, 11) is -5.25. The van der Waals surface area contributed by atoms with Gasteiger partial charge in [-0.3, -0.25) is 0 Å². The molecule has 0 unspecified atom stereocenters. The average molecular weight is 500 g/mol. The van der Waals surface area contributed by atoms with Crippen LogP contribution >= 0.6 is 0 Å². The molecule has 0 amide bonds. The topological polar surface area (TPSA) is 0 Å². The minimum atomic E-state index is -1.58. The largest absolute Gasteiger partial charge is 0.0654 e. The number of hydrogen-bond acceptors (Lipinski definition) is 0. The lowest BCUT2D eigenvalue weighted by atomic mass is 10.5. The van der Waals surface area contributed by atoms with Crippen LogP contribution in [0.15, 0.2) is 0 Å². The van der Waals surface area contributed by atoms with Crippen LogP contribution in [-0.2, 0) is 0 Å². The van der Waals surface area contributed by atoms with E-state index in [-0.39, 0.29) is 0 Å². The molecule has 0 atom stereocenters. The van der Waals surface area contributed by atoms with E-state index >= 15 is 0 Å². The zero-order valence-corrected chi connectivity index (χ0v) is 29.2. The zero-order valence-electron chi connectivity index (χ0n) is 25.2. The third kappa shape index (κ3) is 4.84. The Hall–Kier alpha value is 0.868. The lowest BCUT2D eigenvalue weighted by Gasteiger charge is -2.67. The van der Waals surface area contributed by atoms with E-state index in [1.165, 1.54) is 0 Å². The Morgan fingerprint density at radius 1 is 0.258 bits per heavy atom. The summed E-state index contributed by atoms with van der Waals surface area (Å²) in [6.07, 6.45) is 0. The summed E-state index contributed by atoms with van der Waals surface area (Å²) >= 11 is 0. The molecule has 0 aliphatic carbocycles. The molecule has 4 heteroatoms. The Bertz CT molecular complexity index is 388. The smallest absolute Gasteiger partial charge is 0.0474 e. The minimum absolute atomic E-state index is 0.516. The van der Waals surface area contributed by atoms with Gasteiger partial charge in [0.05, 0.1) is 0 Å². The third-order valence-electron chi connectivity index (χ3n) is 9.90. The van der Waals surface area contributed by atoms with E-state index in [2.05, 4.69) is 125 Å². The molecule has 0 N–H and O–H groups in total. The van der Waals surface area contributed by atoms with E-state index < -0.39 is 30.1 Å². The van der Waals surface area contributed by atoms with Gasteiger partial charge >= 0.3 is 0 Å². The van der Waals surface area contributed by atoms with Crippen molar-refractivity contribution in [3.05, 3.63) is 0 Å². The van der Waals surface area contributed by atoms with Crippen molar-refractivity contribution in [1.29, 1.82) is 0 Å². The average Bonchev–Trinajstić information content (AvgIpc) is 2.52. The highest BCUT2D eigenvalue weighted by Gasteiger charge is 2.70. The predicted octanol–water partition coefficient (Wildman–Crippen LogP) is 10.8. The normalized spacial score (nSPS) is 15.1. The van der Waals surface area contributed by atoms with Crippen molar-refractivity contribution in [2.24, 2.45) is 0 Å². The maximum absolute atomic E-state index is 2.68.